The van der Waals surface area contributed by atoms with Gasteiger partial charge in [-0.1, -0.05) is 23.2 Å². The Morgan fingerprint density at radius 1 is 1.16 bits per heavy atom. The first-order valence-electron chi connectivity index (χ1n) is 7.15. The molecule has 0 bridgehead atoms. The van der Waals surface area contributed by atoms with Gasteiger partial charge in [0, 0.05) is 11.1 Å². The topological polar surface area (TPSA) is 84.9 Å². The average molecular weight is 384 g/mol. The van der Waals surface area contributed by atoms with E-state index in [-0.39, 0.29) is 11.3 Å². The van der Waals surface area contributed by atoms with Gasteiger partial charge in [0.2, 0.25) is 0 Å². The maximum absolute atomic E-state index is 12.2. The van der Waals surface area contributed by atoms with Gasteiger partial charge < -0.3 is 19.9 Å². The van der Waals surface area contributed by atoms with Crippen molar-refractivity contribution in [3.63, 3.8) is 0 Å². The first-order valence-corrected chi connectivity index (χ1v) is 7.91. The highest BCUT2D eigenvalue weighted by Crippen LogP contribution is 2.26. The Morgan fingerprint density at radius 3 is 2.52 bits per heavy atom. The summed E-state index contributed by atoms with van der Waals surface area (Å²) in [5.41, 5.74) is 0.218. The number of amides is 1. The van der Waals surface area contributed by atoms with Crippen LogP contribution in [-0.4, -0.2) is 30.2 Å². The molecule has 0 aromatic heterocycles. The molecule has 8 heteroatoms. The van der Waals surface area contributed by atoms with Crippen molar-refractivity contribution >= 4 is 40.8 Å². The lowest BCUT2D eigenvalue weighted by Gasteiger charge is -2.15. The normalized spacial score (nSPS) is 11.5. The number of carbonyl (C=O) groups is 2. The Bertz CT molecular complexity index is 810. The molecule has 0 fully saturated rings. The van der Waals surface area contributed by atoms with E-state index >= 15 is 0 Å². The number of aromatic hydroxyl groups is 1. The van der Waals surface area contributed by atoms with Crippen LogP contribution in [-0.2, 0) is 9.53 Å². The van der Waals surface area contributed by atoms with Gasteiger partial charge >= 0.3 is 5.97 Å². The van der Waals surface area contributed by atoms with Crippen molar-refractivity contribution in [2.24, 2.45) is 0 Å². The number of halogens is 2. The summed E-state index contributed by atoms with van der Waals surface area (Å²) in [5.74, 6) is -1.37. The van der Waals surface area contributed by atoms with Gasteiger partial charge in [-0.15, -0.1) is 0 Å². The number of hydrogen-bond donors (Lipinski definition) is 2. The Morgan fingerprint density at radius 2 is 1.88 bits per heavy atom. The van der Waals surface area contributed by atoms with Gasteiger partial charge in [-0.3, -0.25) is 4.79 Å². The van der Waals surface area contributed by atoms with Crippen LogP contribution in [0.2, 0.25) is 10.0 Å². The van der Waals surface area contributed by atoms with Crippen LogP contribution in [0.25, 0.3) is 0 Å². The van der Waals surface area contributed by atoms with Gasteiger partial charge in [-0.05, 0) is 37.3 Å². The van der Waals surface area contributed by atoms with Crippen molar-refractivity contribution in [2.75, 3.05) is 12.4 Å². The average Bonchev–Trinajstić information content (AvgIpc) is 2.57. The molecule has 0 heterocycles. The monoisotopic (exact) mass is 383 g/mol. The van der Waals surface area contributed by atoms with Crippen molar-refractivity contribution in [3.8, 4) is 11.5 Å². The number of esters is 1. The Labute approximate surface area is 154 Å². The molecule has 1 amide bonds. The minimum absolute atomic E-state index is 0.0822. The SMILES string of the molecule is COc1ccc(C(=O)O[C@@H](C)C(=O)Nc2cc(Cl)ccc2Cl)c(O)c1. The van der Waals surface area contributed by atoms with Crippen LogP contribution in [0, 0.1) is 0 Å². The molecule has 2 rings (SSSR count). The second kappa shape index (κ2) is 8.09. The summed E-state index contributed by atoms with van der Waals surface area (Å²) in [4.78, 5) is 24.3. The second-order valence-corrected chi connectivity index (χ2v) is 5.89. The fraction of sp³-hybridized carbons (Fsp3) is 0.176. The van der Waals surface area contributed by atoms with E-state index in [0.29, 0.717) is 21.5 Å². The highest BCUT2D eigenvalue weighted by Gasteiger charge is 2.22. The summed E-state index contributed by atoms with van der Waals surface area (Å²) in [6, 6.07) is 8.70. The highest BCUT2D eigenvalue weighted by molar-refractivity contribution is 6.35. The van der Waals surface area contributed by atoms with Gasteiger partial charge in [0.1, 0.15) is 17.1 Å². The quantitative estimate of drug-likeness (QED) is 0.764. The molecular formula is C17H15Cl2NO5. The number of methoxy groups -OCH3 is 1. The predicted molar refractivity (Wildman–Crippen MR) is 94.6 cm³/mol. The van der Waals surface area contributed by atoms with Crippen LogP contribution < -0.4 is 10.1 Å². The van der Waals surface area contributed by atoms with Crippen LogP contribution in [0.1, 0.15) is 17.3 Å². The largest absolute Gasteiger partial charge is 0.507 e. The molecule has 6 nitrogen and oxygen atoms in total. The molecule has 0 aliphatic rings. The molecule has 0 radical (unpaired) electrons. The maximum Gasteiger partial charge on any atom is 0.342 e. The molecule has 1 atom stereocenters. The van der Waals surface area contributed by atoms with Crippen molar-refractivity contribution < 1.29 is 24.2 Å². The summed E-state index contributed by atoms with van der Waals surface area (Å²) in [6.45, 7) is 1.40. The Hall–Kier alpha value is -2.44. The number of benzene rings is 2. The zero-order chi connectivity index (χ0) is 18.6. The number of hydrogen-bond acceptors (Lipinski definition) is 5. The van der Waals surface area contributed by atoms with Gasteiger partial charge in [0.05, 0.1) is 17.8 Å². The number of phenolic OH excluding ortho intramolecular Hbond substituents is 1. The smallest absolute Gasteiger partial charge is 0.342 e. The lowest BCUT2D eigenvalue weighted by Crippen LogP contribution is -2.30. The molecule has 0 saturated heterocycles. The molecule has 0 spiro atoms. The zero-order valence-corrected chi connectivity index (χ0v) is 14.9. The molecule has 2 aromatic carbocycles. The third kappa shape index (κ3) is 4.78. The minimum atomic E-state index is -1.12. The highest BCUT2D eigenvalue weighted by atomic mass is 35.5. The fourth-order valence-electron chi connectivity index (χ4n) is 1.92. The number of anilines is 1. The second-order valence-electron chi connectivity index (χ2n) is 5.04. The van der Waals surface area contributed by atoms with Gasteiger partial charge in [-0.25, -0.2) is 4.79 Å². The number of carbonyl (C=O) groups excluding carboxylic acids is 2. The molecule has 0 unspecified atom stereocenters. The Kier molecular flexibility index (Phi) is 6.12. The first-order chi connectivity index (χ1) is 11.8. The number of ether oxygens (including phenoxy) is 2. The van der Waals surface area contributed by atoms with E-state index in [9.17, 15) is 14.7 Å². The van der Waals surface area contributed by atoms with E-state index in [0.717, 1.165) is 0 Å². The fourth-order valence-corrected chi connectivity index (χ4v) is 2.25. The lowest BCUT2D eigenvalue weighted by atomic mass is 10.2. The van der Waals surface area contributed by atoms with E-state index in [4.69, 9.17) is 32.7 Å². The third-order valence-corrected chi connectivity index (χ3v) is 3.83. The summed E-state index contributed by atoms with van der Waals surface area (Å²) < 4.78 is 10.0. The minimum Gasteiger partial charge on any atom is -0.507 e. The van der Waals surface area contributed by atoms with Crippen LogP contribution >= 0.6 is 23.2 Å². The van der Waals surface area contributed by atoms with E-state index in [1.807, 2.05) is 0 Å². The van der Waals surface area contributed by atoms with Crippen LogP contribution in [0.5, 0.6) is 11.5 Å². The summed E-state index contributed by atoms with van der Waals surface area (Å²) >= 11 is 11.8. The maximum atomic E-state index is 12.2. The van der Waals surface area contributed by atoms with Crippen LogP contribution in [0.3, 0.4) is 0 Å². The molecule has 132 valence electrons. The standard InChI is InChI=1S/C17H15Cl2NO5/c1-9(16(22)20-14-7-10(18)3-6-13(14)19)25-17(23)12-5-4-11(24-2)8-15(12)21/h3-9,21H,1-2H3,(H,20,22)/t9-/m0/s1. The van der Waals surface area contributed by atoms with Crippen molar-refractivity contribution in [2.45, 2.75) is 13.0 Å². The lowest BCUT2D eigenvalue weighted by molar-refractivity contribution is -0.123. The third-order valence-electron chi connectivity index (χ3n) is 3.26. The van der Waals surface area contributed by atoms with Gasteiger partial charge in [0.15, 0.2) is 6.10 Å². The molecule has 25 heavy (non-hydrogen) atoms. The number of rotatable bonds is 5. The van der Waals surface area contributed by atoms with Crippen LogP contribution in [0.4, 0.5) is 5.69 Å². The molecular weight excluding hydrogens is 369 g/mol. The van der Waals surface area contributed by atoms with Crippen molar-refractivity contribution in [1.29, 1.82) is 0 Å². The summed E-state index contributed by atoms with van der Waals surface area (Å²) in [5, 5.41) is 13.0. The van der Waals surface area contributed by atoms with Crippen LogP contribution in [0.15, 0.2) is 36.4 Å². The van der Waals surface area contributed by atoms with E-state index in [1.165, 1.54) is 44.4 Å². The Balaban J connectivity index is 2.05. The van der Waals surface area contributed by atoms with Gasteiger partial charge in [-0.2, -0.15) is 0 Å². The van der Waals surface area contributed by atoms with E-state index in [1.54, 1.807) is 6.07 Å². The molecule has 0 aliphatic carbocycles. The zero-order valence-electron chi connectivity index (χ0n) is 13.4. The van der Waals surface area contributed by atoms with Crippen molar-refractivity contribution in [1.82, 2.24) is 0 Å². The van der Waals surface area contributed by atoms with E-state index in [2.05, 4.69) is 5.32 Å². The van der Waals surface area contributed by atoms with Crippen molar-refractivity contribution in [3.05, 3.63) is 52.0 Å². The molecule has 2 N–H and O–H groups in total. The molecule has 2 aromatic rings. The van der Waals surface area contributed by atoms with E-state index < -0.39 is 18.0 Å². The van der Waals surface area contributed by atoms with Gasteiger partial charge in [0.25, 0.3) is 5.91 Å². The molecule has 0 saturated carbocycles. The molecule has 0 aliphatic heterocycles. The summed E-state index contributed by atoms with van der Waals surface area (Å²) in [7, 11) is 1.43. The number of phenols is 1. The first kappa shape index (κ1) is 18.9. The predicted octanol–water partition coefficient (Wildman–Crippen LogP) is 3.89. The summed E-state index contributed by atoms with van der Waals surface area (Å²) in [6.07, 6.45) is -1.12. The number of nitrogens with one attached hydrogen (secondary N) is 1.